The number of aromatic nitrogens is 1. The molecule has 0 spiro atoms. The topological polar surface area (TPSA) is 82.7 Å². The smallest absolute Gasteiger partial charge is 0.331 e. The summed E-state index contributed by atoms with van der Waals surface area (Å²) >= 11 is 0. The molecule has 2 aromatic rings. The van der Waals surface area contributed by atoms with E-state index in [0.717, 1.165) is 5.56 Å². The zero-order valence-electron chi connectivity index (χ0n) is 16.2. The van der Waals surface area contributed by atoms with Crippen LogP contribution in [0.1, 0.15) is 45.7 Å². The zero-order chi connectivity index (χ0) is 19.7. The first-order valence-corrected chi connectivity index (χ1v) is 8.91. The van der Waals surface area contributed by atoms with Crippen molar-refractivity contribution in [2.75, 3.05) is 0 Å². The molecule has 0 saturated carbocycles. The lowest BCUT2D eigenvalue weighted by Crippen LogP contribution is -2.53. The van der Waals surface area contributed by atoms with E-state index in [-0.39, 0.29) is 24.1 Å². The predicted molar refractivity (Wildman–Crippen MR) is 102 cm³/mol. The third-order valence-electron chi connectivity index (χ3n) is 4.94. The third-order valence-corrected chi connectivity index (χ3v) is 4.94. The van der Waals surface area contributed by atoms with E-state index in [4.69, 9.17) is 0 Å². The van der Waals surface area contributed by atoms with Crippen molar-refractivity contribution in [2.24, 2.45) is 11.3 Å². The number of carboxylic acids is 1. The quantitative estimate of drug-likeness (QED) is 0.723. The van der Waals surface area contributed by atoms with Crippen molar-refractivity contribution in [3.63, 3.8) is 0 Å². The average Bonchev–Trinajstić information content (AvgIpc) is 2.78. The molecule has 142 valence electrons. The molecule has 3 N–H and O–H groups in total. The molecule has 0 fully saturated rings. The van der Waals surface area contributed by atoms with E-state index >= 15 is 0 Å². The molecule has 0 amide bonds. The van der Waals surface area contributed by atoms with Crippen molar-refractivity contribution >= 4 is 5.97 Å². The normalized spacial score (nSPS) is 14.4. The lowest BCUT2D eigenvalue weighted by atomic mass is 9.69. The number of carboxylic acid groups (broad SMARTS) is 1. The van der Waals surface area contributed by atoms with Gasteiger partial charge in [0.1, 0.15) is 0 Å². The molecule has 0 radical (unpaired) electrons. The molecule has 0 aliphatic heterocycles. The fourth-order valence-corrected chi connectivity index (χ4v) is 3.57. The number of aromatic hydroxyl groups is 2. The van der Waals surface area contributed by atoms with Crippen molar-refractivity contribution in [1.29, 1.82) is 0 Å². The first-order chi connectivity index (χ1) is 12.0. The number of aliphatic carboxylic acids is 1. The summed E-state index contributed by atoms with van der Waals surface area (Å²) in [5.74, 6) is -1.24. The molecule has 1 atom stereocenters. The van der Waals surface area contributed by atoms with Crippen LogP contribution in [-0.2, 0) is 23.2 Å². The van der Waals surface area contributed by atoms with Gasteiger partial charge in [0.25, 0.3) is 0 Å². The van der Waals surface area contributed by atoms with E-state index < -0.39 is 16.9 Å². The van der Waals surface area contributed by atoms with Gasteiger partial charge in [-0.15, -0.1) is 0 Å². The highest BCUT2D eigenvalue weighted by Gasteiger charge is 2.53. The van der Waals surface area contributed by atoms with Gasteiger partial charge >= 0.3 is 5.97 Å². The summed E-state index contributed by atoms with van der Waals surface area (Å²) in [5.41, 5.74) is -0.946. The Balaban J connectivity index is 2.73. The first kappa shape index (κ1) is 19.9. The average molecular weight is 359 g/mol. The minimum absolute atomic E-state index is 0.142. The molecule has 0 aliphatic carbocycles. The van der Waals surface area contributed by atoms with Crippen LogP contribution in [0.3, 0.4) is 0 Å². The maximum absolute atomic E-state index is 12.6. The molecule has 0 saturated heterocycles. The van der Waals surface area contributed by atoms with E-state index in [1.54, 1.807) is 0 Å². The van der Waals surface area contributed by atoms with E-state index in [2.05, 4.69) is 0 Å². The van der Waals surface area contributed by atoms with E-state index in [1.165, 1.54) is 10.6 Å². The Labute approximate surface area is 154 Å². The number of hydrogen-bond acceptors (Lipinski definition) is 3. The second-order valence-electron chi connectivity index (χ2n) is 8.36. The van der Waals surface area contributed by atoms with Crippen molar-refractivity contribution in [3.05, 3.63) is 47.5 Å². The number of benzene rings is 1. The lowest BCUT2D eigenvalue weighted by molar-refractivity contribution is -0.155. The number of hydrogen-bond donors (Lipinski definition) is 3. The maximum atomic E-state index is 12.6. The van der Waals surface area contributed by atoms with Crippen LogP contribution in [0, 0.1) is 11.3 Å². The highest BCUT2D eigenvalue weighted by molar-refractivity contribution is 5.79. The summed E-state index contributed by atoms with van der Waals surface area (Å²) in [6, 6.07) is 10.8. The summed E-state index contributed by atoms with van der Waals surface area (Å²) in [6.45, 7) is 9.44. The monoisotopic (exact) mass is 359 g/mol. The van der Waals surface area contributed by atoms with Gasteiger partial charge in [-0.3, -0.25) is 4.57 Å². The van der Waals surface area contributed by atoms with Gasteiger partial charge in [-0.05, 0) is 23.3 Å². The van der Waals surface area contributed by atoms with Gasteiger partial charge in [0.2, 0.25) is 0 Å². The second kappa shape index (κ2) is 7.06. The molecule has 26 heavy (non-hydrogen) atoms. The predicted octanol–water partition coefficient (Wildman–Crippen LogP) is 4.17. The first-order valence-electron chi connectivity index (χ1n) is 8.91. The third kappa shape index (κ3) is 3.43. The molecule has 1 unspecified atom stereocenters. The van der Waals surface area contributed by atoms with Crippen LogP contribution in [0.2, 0.25) is 0 Å². The molecule has 2 rings (SSSR count). The van der Waals surface area contributed by atoms with Crippen molar-refractivity contribution in [2.45, 2.75) is 53.0 Å². The second-order valence-corrected chi connectivity index (χ2v) is 8.36. The summed E-state index contributed by atoms with van der Waals surface area (Å²) in [7, 11) is 0. The van der Waals surface area contributed by atoms with Gasteiger partial charge in [-0.2, -0.15) is 0 Å². The van der Waals surface area contributed by atoms with Gasteiger partial charge < -0.3 is 15.3 Å². The Hall–Kier alpha value is -2.43. The van der Waals surface area contributed by atoms with E-state index in [9.17, 15) is 20.1 Å². The van der Waals surface area contributed by atoms with Gasteiger partial charge in [0.05, 0.1) is 0 Å². The molecule has 0 bridgehead atoms. The van der Waals surface area contributed by atoms with Crippen LogP contribution in [0.15, 0.2) is 36.4 Å². The van der Waals surface area contributed by atoms with Crippen molar-refractivity contribution in [1.82, 2.24) is 4.57 Å². The minimum Gasteiger partial charge on any atom is -0.494 e. The number of carbonyl (C=O) groups is 1. The van der Waals surface area contributed by atoms with Crippen LogP contribution < -0.4 is 0 Å². The van der Waals surface area contributed by atoms with Crippen LogP contribution >= 0.6 is 0 Å². The molecule has 5 heteroatoms. The Kier molecular flexibility index (Phi) is 5.40. The van der Waals surface area contributed by atoms with Crippen LogP contribution in [0.25, 0.3) is 0 Å². The van der Waals surface area contributed by atoms with Gasteiger partial charge in [-0.25, -0.2) is 4.79 Å². The summed E-state index contributed by atoms with van der Waals surface area (Å²) in [4.78, 5) is 12.6. The number of nitrogens with zero attached hydrogens (tertiary/aromatic N) is 1. The van der Waals surface area contributed by atoms with Crippen LogP contribution in [0.5, 0.6) is 11.8 Å². The number of rotatable bonds is 6. The molecule has 5 nitrogen and oxygen atoms in total. The summed E-state index contributed by atoms with van der Waals surface area (Å²) in [6.07, 6.45) is 0.696. The minimum atomic E-state index is -1.54. The van der Waals surface area contributed by atoms with Gasteiger partial charge in [0, 0.05) is 18.1 Å². The van der Waals surface area contributed by atoms with E-state index in [1.807, 2.05) is 65.0 Å². The molecule has 1 heterocycles. The lowest BCUT2D eigenvalue weighted by Gasteiger charge is -2.43. The van der Waals surface area contributed by atoms with Crippen LogP contribution in [-0.4, -0.2) is 25.9 Å². The molecular weight excluding hydrogens is 330 g/mol. The molecular formula is C21H29NO4. The van der Waals surface area contributed by atoms with Crippen LogP contribution in [0.4, 0.5) is 0 Å². The summed E-state index contributed by atoms with van der Waals surface area (Å²) < 4.78 is 1.19. The Bertz CT molecular complexity index is 771. The largest absolute Gasteiger partial charge is 0.494 e. The maximum Gasteiger partial charge on any atom is 0.331 e. The highest BCUT2D eigenvalue weighted by Crippen LogP contribution is 2.47. The Morgan fingerprint density at radius 2 is 1.69 bits per heavy atom. The Morgan fingerprint density at radius 3 is 2.15 bits per heavy atom. The fraction of sp³-hybridized carbons (Fsp3) is 0.476. The van der Waals surface area contributed by atoms with Gasteiger partial charge in [0.15, 0.2) is 17.3 Å². The SMILES string of the molecule is CC(C)Cc1cc(O)n(C(Cc2ccccc2)(C(=O)O)C(C)(C)C)c1O. The zero-order valence-corrected chi connectivity index (χ0v) is 16.2. The van der Waals surface area contributed by atoms with Crippen molar-refractivity contribution < 1.29 is 20.1 Å². The van der Waals surface area contributed by atoms with E-state index in [0.29, 0.717) is 12.0 Å². The standard InChI is InChI=1S/C21H29NO4/c1-14(2)11-16-12-17(23)22(18(16)24)21(19(25)26,20(3,4)5)13-15-9-7-6-8-10-15/h6-10,12,14,23-24H,11,13H2,1-5H3,(H,25,26). The van der Waals surface area contributed by atoms with Gasteiger partial charge in [-0.1, -0.05) is 65.0 Å². The molecule has 1 aromatic carbocycles. The summed E-state index contributed by atoms with van der Waals surface area (Å²) in [5, 5.41) is 31.7. The molecule has 1 aromatic heterocycles. The van der Waals surface area contributed by atoms with Crippen molar-refractivity contribution in [3.8, 4) is 11.8 Å². The Morgan fingerprint density at radius 1 is 1.12 bits per heavy atom. The highest BCUT2D eigenvalue weighted by atomic mass is 16.4. The fourth-order valence-electron chi connectivity index (χ4n) is 3.57. The molecule has 0 aliphatic rings.